The van der Waals surface area contributed by atoms with Crippen LogP contribution in [0.2, 0.25) is 0 Å². The van der Waals surface area contributed by atoms with Crippen LogP contribution in [0.3, 0.4) is 0 Å². The van der Waals surface area contributed by atoms with Crippen molar-refractivity contribution in [2.75, 3.05) is 36.3 Å². The van der Waals surface area contributed by atoms with Crippen LogP contribution < -0.4 is 10.2 Å². The van der Waals surface area contributed by atoms with Crippen LogP contribution in [-0.2, 0) is 4.74 Å². The average molecular weight is 397 g/mol. The molecule has 7 nitrogen and oxygen atoms in total. The molecule has 2 aromatic heterocycles. The maximum Gasteiger partial charge on any atom is 0.157 e. The summed E-state index contributed by atoms with van der Waals surface area (Å²) < 4.78 is 69.7. The fourth-order valence-electron chi connectivity index (χ4n) is 3.22. The average Bonchev–Trinajstić information content (AvgIpc) is 2.79. The zero-order valence-electron chi connectivity index (χ0n) is 24.1. The minimum absolute atomic E-state index is 0.263. The molecule has 0 spiro atoms. The van der Waals surface area contributed by atoms with E-state index in [-0.39, 0.29) is 17.7 Å². The van der Waals surface area contributed by atoms with Crippen molar-refractivity contribution in [1.82, 2.24) is 15.2 Å². The molecule has 1 aliphatic heterocycles. The molecule has 3 aromatic rings. The summed E-state index contributed by atoms with van der Waals surface area (Å²) in [4.78, 5) is 4.48. The maximum absolute atomic E-state index is 9.37. The molecule has 7 heteroatoms. The molecule has 0 unspecified atom stereocenters. The fraction of sp³-hybridized carbons (Fsp3) is 0.364. The summed E-state index contributed by atoms with van der Waals surface area (Å²) in [7, 11) is 0. The number of ether oxygens (including phenoxy) is 1. The van der Waals surface area contributed by atoms with Crippen molar-refractivity contribution in [3.63, 3.8) is 0 Å². The number of nitrogens with one attached hydrogen (secondary N) is 1. The van der Waals surface area contributed by atoms with Crippen molar-refractivity contribution < 1.29 is 15.7 Å². The zero-order valence-corrected chi connectivity index (χ0v) is 16.1. The number of nitriles is 1. The smallest absolute Gasteiger partial charge is 0.157 e. The number of rotatable bonds is 4. The molecule has 1 aliphatic rings. The largest absolute Gasteiger partial charge is 0.378 e. The monoisotopic (exact) mass is 396 g/mol. The van der Waals surface area contributed by atoms with Crippen LogP contribution in [0, 0.1) is 25.2 Å². The number of aromatic nitrogens is 3. The summed E-state index contributed by atoms with van der Waals surface area (Å²) in [6.45, 7) is -7.29. The van der Waals surface area contributed by atoms with E-state index < -0.39 is 26.1 Å². The van der Waals surface area contributed by atoms with Gasteiger partial charge in [0, 0.05) is 30.0 Å². The van der Waals surface area contributed by atoms with Gasteiger partial charge in [0.05, 0.1) is 47.5 Å². The zero-order chi connectivity index (χ0) is 27.6. The summed E-state index contributed by atoms with van der Waals surface area (Å²) in [6.07, 6.45) is 1.33. The standard InChI is InChI=1S/C22H24N6O/c1-14-17(12-23)5-4-6-18(14)15(2)25-22-19-11-21(28-7-9-29-10-8-28)24-13-20(19)16(3)26-27-22/h4-6,11,13,15H,7-10H2,1-3H3,(H,25,27)/t15-/m1/s1/i7D2,8D2,9D2,10D2. The Hall–Kier alpha value is -3.24. The van der Waals surface area contributed by atoms with E-state index in [4.69, 9.17) is 11.0 Å². The first-order valence-corrected chi connectivity index (χ1v) is 8.95. The second-order valence-electron chi connectivity index (χ2n) is 6.58. The molecule has 3 heterocycles. The SMILES string of the molecule is [2H]C1([2H])OC([2H])([2H])C([2H])([2H])N(c2cc3c(N[C@H](C)c4cccc(C#N)c4C)nnc(C)c3cn2)C1([2H])[2H]. The van der Waals surface area contributed by atoms with E-state index in [9.17, 15) is 5.26 Å². The van der Waals surface area contributed by atoms with Gasteiger partial charge in [0.15, 0.2) is 5.82 Å². The highest BCUT2D eigenvalue weighted by molar-refractivity contribution is 5.94. The molecular weight excluding hydrogens is 364 g/mol. The lowest BCUT2D eigenvalue weighted by atomic mass is 9.98. The molecular formula is C22H24N6O. The summed E-state index contributed by atoms with van der Waals surface area (Å²) in [5, 5.41) is 21.9. The van der Waals surface area contributed by atoms with Crippen LogP contribution in [0.15, 0.2) is 30.5 Å². The number of fused-ring (bicyclic) bond motifs is 1. The van der Waals surface area contributed by atoms with Gasteiger partial charge >= 0.3 is 0 Å². The van der Waals surface area contributed by atoms with Crippen molar-refractivity contribution in [1.29, 1.82) is 5.26 Å². The van der Waals surface area contributed by atoms with Gasteiger partial charge in [-0.2, -0.15) is 10.4 Å². The van der Waals surface area contributed by atoms with Gasteiger partial charge in [-0.15, -0.1) is 5.10 Å². The summed E-state index contributed by atoms with van der Waals surface area (Å²) in [5.41, 5.74) is 2.65. The number of aryl methyl sites for hydroxylation is 1. The highest BCUT2D eigenvalue weighted by Crippen LogP contribution is 2.30. The Kier molecular flexibility index (Phi) is 3.23. The predicted molar refractivity (Wildman–Crippen MR) is 113 cm³/mol. The Morgan fingerprint density at radius 3 is 2.79 bits per heavy atom. The molecule has 148 valence electrons. The third-order valence-corrected chi connectivity index (χ3v) is 4.80. The molecule has 1 fully saturated rings. The second-order valence-corrected chi connectivity index (χ2v) is 6.58. The molecule has 1 N–H and O–H groups in total. The Balaban J connectivity index is 1.86. The Morgan fingerprint density at radius 2 is 2.03 bits per heavy atom. The van der Waals surface area contributed by atoms with E-state index >= 15 is 0 Å². The molecule has 0 saturated carbocycles. The molecule has 0 radical (unpaired) electrons. The first-order chi connectivity index (χ1) is 17.0. The topological polar surface area (TPSA) is 87.0 Å². The van der Waals surface area contributed by atoms with E-state index in [1.165, 1.54) is 12.3 Å². The van der Waals surface area contributed by atoms with Crippen molar-refractivity contribution >= 4 is 22.4 Å². The summed E-state index contributed by atoms with van der Waals surface area (Å²) >= 11 is 0. The Labute approximate surface area is 181 Å². The predicted octanol–water partition coefficient (Wildman–Crippen LogP) is 3.52. The third-order valence-electron chi connectivity index (χ3n) is 4.80. The van der Waals surface area contributed by atoms with Gasteiger partial charge in [0.1, 0.15) is 5.82 Å². The Bertz CT molecular complexity index is 1400. The van der Waals surface area contributed by atoms with Gasteiger partial charge in [-0.1, -0.05) is 12.1 Å². The highest BCUT2D eigenvalue weighted by atomic mass is 16.5. The molecule has 0 bridgehead atoms. The molecule has 4 rings (SSSR count). The molecule has 1 saturated heterocycles. The molecule has 1 atom stereocenters. The third kappa shape index (κ3) is 3.71. The lowest BCUT2D eigenvalue weighted by molar-refractivity contribution is 0.122. The molecule has 0 aliphatic carbocycles. The lowest BCUT2D eigenvalue weighted by Crippen LogP contribution is -2.36. The van der Waals surface area contributed by atoms with Gasteiger partial charge < -0.3 is 15.0 Å². The van der Waals surface area contributed by atoms with Crippen LogP contribution in [0.1, 0.15) is 46.3 Å². The number of pyridine rings is 1. The first-order valence-electron chi connectivity index (χ1n) is 12.9. The van der Waals surface area contributed by atoms with Crippen LogP contribution in [0.5, 0.6) is 0 Å². The van der Waals surface area contributed by atoms with Crippen molar-refractivity contribution in [3.8, 4) is 6.07 Å². The van der Waals surface area contributed by atoms with Gasteiger partial charge in [0.2, 0.25) is 0 Å². The Morgan fingerprint density at radius 1 is 1.24 bits per heavy atom. The van der Waals surface area contributed by atoms with E-state index in [2.05, 4.69) is 31.3 Å². The number of anilines is 2. The minimum Gasteiger partial charge on any atom is -0.378 e. The van der Waals surface area contributed by atoms with E-state index in [1.54, 1.807) is 19.1 Å². The number of hydrogen-bond donors (Lipinski definition) is 1. The summed E-state index contributed by atoms with van der Waals surface area (Å²) in [5.74, 6) is -0.0942. The maximum atomic E-state index is 9.37. The molecule has 29 heavy (non-hydrogen) atoms. The number of morpholine rings is 1. The van der Waals surface area contributed by atoms with Gasteiger partial charge in [-0.05, 0) is 44.0 Å². The first kappa shape index (κ1) is 11.7. The normalized spacial score (nSPS) is 26.2. The van der Waals surface area contributed by atoms with Crippen LogP contribution in [0.25, 0.3) is 10.8 Å². The van der Waals surface area contributed by atoms with Gasteiger partial charge in [0.25, 0.3) is 0 Å². The van der Waals surface area contributed by atoms with Crippen molar-refractivity contribution in [2.45, 2.75) is 26.8 Å². The molecule has 0 amide bonds. The fourth-order valence-corrected chi connectivity index (χ4v) is 3.22. The minimum atomic E-state index is -3.20. The molecule has 1 aromatic carbocycles. The second kappa shape index (κ2) is 8.02. The van der Waals surface area contributed by atoms with Crippen LogP contribution >= 0.6 is 0 Å². The van der Waals surface area contributed by atoms with Gasteiger partial charge in [-0.25, -0.2) is 4.98 Å². The number of nitrogens with zero attached hydrogens (tertiary/aromatic N) is 5. The van der Waals surface area contributed by atoms with E-state index in [0.29, 0.717) is 26.9 Å². The quantitative estimate of drug-likeness (QED) is 0.722. The number of hydrogen-bond acceptors (Lipinski definition) is 7. The van der Waals surface area contributed by atoms with Gasteiger partial charge in [-0.3, -0.25) is 0 Å². The summed E-state index contributed by atoms with van der Waals surface area (Å²) in [6, 6.07) is 8.48. The lowest BCUT2D eigenvalue weighted by Gasteiger charge is -2.28. The van der Waals surface area contributed by atoms with Crippen LogP contribution in [0.4, 0.5) is 11.6 Å². The van der Waals surface area contributed by atoms with E-state index in [1.807, 2.05) is 19.9 Å². The van der Waals surface area contributed by atoms with Crippen LogP contribution in [-0.4, -0.2) is 41.3 Å². The number of benzene rings is 1. The van der Waals surface area contributed by atoms with Crippen molar-refractivity contribution in [2.24, 2.45) is 0 Å². The van der Waals surface area contributed by atoms with E-state index in [0.717, 1.165) is 11.1 Å². The van der Waals surface area contributed by atoms with Crippen molar-refractivity contribution in [3.05, 3.63) is 52.8 Å². The highest BCUT2D eigenvalue weighted by Gasteiger charge is 2.17.